The molecule has 1 atom stereocenters. The minimum absolute atomic E-state index is 0.0238. The van der Waals surface area contributed by atoms with Gasteiger partial charge in [0.15, 0.2) is 5.82 Å². The Morgan fingerprint density at radius 2 is 2.20 bits per heavy atom. The summed E-state index contributed by atoms with van der Waals surface area (Å²) < 4.78 is 3.86. The third-order valence-electron chi connectivity index (χ3n) is 4.81. The topological polar surface area (TPSA) is 64.7 Å². The van der Waals surface area contributed by atoms with Crippen LogP contribution in [0.15, 0.2) is 42.7 Å². The normalized spacial score (nSPS) is 16.6. The van der Waals surface area contributed by atoms with Gasteiger partial charge in [0.1, 0.15) is 0 Å². The van der Waals surface area contributed by atoms with Crippen LogP contribution in [0, 0.1) is 6.92 Å². The molecule has 1 aromatic carbocycles. The summed E-state index contributed by atoms with van der Waals surface area (Å²) in [6.45, 7) is 5.65. The molecular weight excluding hydrogens is 314 g/mol. The molecular formula is C19H21N5O. The molecule has 0 bridgehead atoms. The van der Waals surface area contributed by atoms with Crippen molar-refractivity contribution < 1.29 is 4.79 Å². The van der Waals surface area contributed by atoms with Gasteiger partial charge in [0.05, 0.1) is 6.54 Å². The molecule has 1 N–H and O–H groups in total. The minimum Gasteiger partial charge on any atom is -0.309 e. The lowest BCUT2D eigenvalue weighted by atomic mass is 9.85. The Balaban J connectivity index is 1.73. The number of amides is 1. The maximum absolute atomic E-state index is 12.2. The first kappa shape index (κ1) is 15.6. The predicted octanol–water partition coefficient (Wildman–Crippen LogP) is 2.93. The summed E-state index contributed by atoms with van der Waals surface area (Å²) in [5, 5.41) is 11.7. The number of anilines is 1. The van der Waals surface area contributed by atoms with Crippen molar-refractivity contribution in [2.45, 2.75) is 39.3 Å². The van der Waals surface area contributed by atoms with Crippen LogP contribution in [0.2, 0.25) is 0 Å². The van der Waals surface area contributed by atoms with Crippen molar-refractivity contribution in [3.63, 3.8) is 0 Å². The Hall–Kier alpha value is -2.89. The number of carbonyl (C=O) groups is 1. The number of rotatable bonds is 4. The van der Waals surface area contributed by atoms with E-state index in [9.17, 15) is 4.79 Å². The second kappa shape index (κ2) is 6.20. The van der Waals surface area contributed by atoms with E-state index in [0.717, 1.165) is 29.9 Å². The van der Waals surface area contributed by atoms with E-state index in [1.54, 1.807) is 6.20 Å². The molecule has 0 aliphatic carbocycles. The lowest BCUT2D eigenvalue weighted by Gasteiger charge is -2.23. The van der Waals surface area contributed by atoms with E-state index in [4.69, 9.17) is 0 Å². The molecule has 128 valence electrons. The highest BCUT2D eigenvalue weighted by Gasteiger charge is 2.31. The fourth-order valence-corrected chi connectivity index (χ4v) is 3.62. The Morgan fingerprint density at radius 3 is 2.96 bits per heavy atom. The molecule has 1 aliphatic heterocycles. The van der Waals surface area contributed by atoms with Crippen molar-refractivity contribution in [2.24, 2.45) is 0 Å². The first-order valence-electron chi connectivity index (χ1n) is 8.59. The Morgan fingerprint density at radius 1 is 1.32 bits per heavy atom. The van der Waals surface area contributed by atoms with Gasteiger partial charge in [-0.2, -0.15) is 10.2 Å². The molecule has 0 fully saturated rings. The van der Waals surface area contributed by atoms with Crippen molar-refractivity contribution in [1.82, 2.24) is 19.6 Å². The van der Waals surface area contributed by atoms with Crippen molar-refractivity contribution in [2.75, 3.05) is 5.32 Å². The quantitative estimate of drug-likeness (QED) is 0.797. The van der Waals surface area contributed by atoms with E-state index in [0.29, 0.717) is 12.2 Å². The highest BCUT2D eigenvalue weighted by atomic mass is 16.1. The molecule has 0 saturated carbocycles. The van der Waals surface area contributed by atoms with Crippen molar-refractivity contribution in [1.29, 1.82) is 0 Å². The molecule has 1 unspecified atom stereocenters. The number of fused-ring (bicyclic) bond motifs is 1. The van der Waals surface area contributed by atoms with Gasteiger partial charge in [-0.15, -0.1) is 0 Å². The van der Waals surface area contributed by atoms with Gasteiger partial charge < -0.3 is 5.32 Å². The number of benzene rings is 1. The SMILES string of the molecule is CCn1nc2c(c1C)C(c1cccc(Cn3cccn3)c1)CC(=O)N2. The molecule has 6 heteroatoms. The molecule has 4 rings (SSSR count). The van der Waals surface area contributed by atoms with E-state index in [2.05, 4.69) is 53.6 Å². The van der Waals surface area contributed by atoms with E-state index >= 15 is 0 Å². The number of aryl methyl sites for hydroxylation is 1. The van der Waals surface area contributed by atoms with Crippen molar-refractivity contribution >= 4 is 11.7 Å². The average Bonchev–Trinajstić information content (AvgIpc) is 3.22. The number of hydrogen-bond acceptors (Lipinski definition) is 3. The van der Waals surface area contributed by atoms with Gasteiger partial charge in [0.2, 0.25) is 5.91 Å². The van der Waals surface area contributed by atoms with Crippen LogP contribution in [0.3, 0.4) is 0 Å². The maximum Gasteiger partial charge on any atom is 0.226 e. The molecule has 25 heavy (non-hydrogen) atoms. The van der Waals surface area contributed by atoms with Crippen LogP contribution in [0.5, 0.6) is 0 Å². The molecule has 0 saturated heterocycles. The van der Waals surface area contributed by atoms with Gasteiger partial charge >= 0.3 is 0 Å². The molecule has 2 aromatic heterocycles. The van der Waals surface area contributed by atoms with Gasteiger partial charge in [0, 0.05) is 42.5 Å². The second-order valence-electron chi connectivity index (χ2n) is 6.42. The first-order chi connectivity index (χ1) is 12.2. The fourth-order valence-electron chi connectivity index (χ4n) is 3.62. The highest BCUT2D eigenvalue weighted by molar-refractivity contribution is 5.94. The number of carbonyl (C=O) groups excluding carboxylic acids is 1. The van der Waals surface area contributed by atoms with Crippen LogP contribution in [-0.2, 0) is 17.9 Å². The molecule has 6 nitrogen and oxygen atoms in total. The van der Waals surface area contributed by atoms with E-state index in [1.807, 2.05) is 21.6 Å². The van der Waals surface area contributed by atoms with E-state index in [-0.39, 0.29) is 11.8 Å². The molecule has 1 aliphatic rings. The summed E-state index contributed by atoms with van der Waals surface area (Å²) >= 11 is 0. The minimum atomic E-state index is 0.0238. The third-order valence-corrected chi connectivity index (χ3v) is 4.81. The Labute approximate surface area is 146 Å². The average molecular weight is 335 g/mol. The third kappa shape index (κ3) is 2.84. The molecule has 3 heterocycles. The number of hydrogen-bond donors (Lipinski definition) is 1. The van der Waals surface area contributed by atoms with Crippen LogP contribution in [0.25, 0.3) is 0 Å². The second-order valence-corrected chi connectivity index (χ2v) is 6.42. The van der Waals surface area contributed by atoms with Gasteiger partial charge in [-0.25, -0.2) is 0 Å². The molecule has 0 spiro atoms. The summed E-state index contributed by atoms with van der Waals surface area (Å²) in [5.74, 6) is 0.774. The number of nitrogens with one attached hydrogen (secondary N) is 1. The summed E-state index contributed by atoms with van der Waals surface area (Å²) in [6.07, 6.45) is 4.19. The highest BCUT2D eigenvalue weighted by Crippen LogP contribution is 2.38. The standard InChI is InChI=1S/C19H21N5O/c1-3-24-13(2)18-16(11-17(25)21-19(18)22-24)15-7-4-6-14(10-15)12-23-9-5-8-20-23/h4-10,16H,3,11-12H2,1-2H3,(H,21,22,25). The summed E-state index contributed by atoms with van der Waals surface area (Å²) in [4.78, 5) is 12.2. The molecule has 3 aromatic rings. The van der Waals surface area contributed by atoms with Crippen LogP contribution in [-0.4, -0.2) is 25.5 Å². The van der Waals surface area contributed by atoms with Gasteiger partial charge in [-0.1, -0.05) is 24.3 Å². The van der Waals surface area contributed by atoms with Crippen LogP contribution < -0.4 is 5.32 Å². The van der Waals surface area contributed by atoms with E-state index < -0.39 is 0 Å². The number of aromatic nitrogens is 4. The Kier molecular flexibility index (Phi) is 3.87. The van der Waals surface area contributed by atoms with Crippen LogP contribution in [0.4, 0.5) is 5.82 Å². The van der Waals surface area contributed by atoms with Crippen LogP contribution in [0.1, 0.15) is 41.6 Å². The predicted molar refractivity (Wildman–Crippen MR) is 95.5 cm³/mol. The fraction of sp³-hybridized carbons (Fsp3) is 0.316. The van der Waals surface area contributed by atoms with Gasteiger partial charge in [-0.05, 0) is 31.0 Å². The van der Waals surface area contributed by atoms with Gasteiger partial charge in [-0.3, -0.25) is 14.2 Å². The summed E-state index contributed by atoms with van der Waals surface area (Å²) in [5.41, 5.74) is 4.59. The molecule has 0 radical (unpaired) electrons. The van der Waals surface area contributed by atoms with Crippen molar-refractivity contribution in [3.05, 3.63) is 65.1 Å². The largest absolute Gasteiger partial charge is 0.309 e. The molecule has 1 amide bonds. The first-order valence-corrected chi connectivity index (χ1v) is 8.59. The lowest BCUT2D eigenvalue weighted by Crippen LogP contribution is -2.23. The monoisotopic (exact) mass is 335 g/mol. The van der Waals surface area contributed by atoms with E-state index in [1.165, 1.54) is 5.56 Å². The number of nitrogens with zero attached hydrogens (tertiary/aromatic N) is 4. The van der Waals surface area contributed by atoms with Crippen molar-refractivity contribution in [3.8, 4) is 0 Å². The van der Waals surface area contributed by atoms with Crippen LogP contribution >= 0.6 is 0 Å². The lowest BCUT2D eigenvalue weighted by molar-refractivity contribution is -0.116. The van der Waals surface area contributed by atoms with Gasteiger partial charge in [0.25, 0.3) is 0 Å². The zero-order valence-corrected chi connectivity index (χ0v) is 14.4. The Bertz CT molecular complexity index is 910. The summed E-state index contributed by atoms with van der Waals surface area (Å²) in [7, 11) is 0. The zero-order chi connectivity index (χ0) is 17.4. The maximum atomic E-state index is 12.2. The smallest absolute Gasteiger partial charge is 0.226 e. The zero-order valence-electron chi connectivity index (χ0n) is 14.4. The summed E-state index contributed by atoms with van der Waals surface area (Å²) in [6, 6.07) is 10.3.